The van der Waals surface area contributed by atoms with Gasteiger partial charge in [0.1, 0.15) is 0 Å². The van der Waals surface area contributed by atoms with Gasteiger partial charge in [-0.25, -0.2) is 0 Å². The fourth-order valence-electron chi connectivity index (χ4n) is 0.656. The Morgan fingerprint density at radius 1 is 1.67 bits per heavy atom. The van der Waals surface area contributed by atoms with Gasteiger partial charge in [0.2, 0.25) is 0 Å². The molecule has 0 aromatic rings. The monoisotopic (exact) mass is 170 g/mol. The molecule has 2 nitrogen and oxygen atoms in total. The van der Waals surface area contributed by atoms with E-state index in [4.69, 9.17) is 0 Å². The highest BCUT2D eigenvalue weighted by molar-refractivity contribution is 5.11. The number of allylic oxidation sites excluding steroid dienone is 2. The van der Waals surface area contributed by atoms with Crippen molar-refractivity contribution in [2.75, 3.05) is 13.7 Å². The summed E-state index contributed by atoms with van der Waals surface area (Å²) in [4.78, 5) is 1.81. The summed E-state index contributed by atoms with van der Waals surface area (Å²) in [5, 5.41) is 2.46. The number of nitrogens with zero attached hydrogens (tertiary/aromatic N) is 1. The van der Waals surface area contributed by atoms with Gasteiger partial charge in [-0.3, -0.25) is 0 Å². The molecular formula is C9H15FN2. The summed E-state index contributed by atoms with van der Waals surface area (Å²) >= 11 is 0. The molecule has 0 heterocycles. The van der Waals surface area contributed by atoms with Crippen LogP contribution in [-0.2, 0) is 0 Å². The number of rotatable bonds is 5. The van der Waals surface area contributed by atoms with Gasteiger partial charge in [0.05, 0.1) is 6.67 Å². The zero-order valence-electron chi connectivity index (χ0n) is 7.60. The molecule has 0 aliphatic rings. The van der Waals surface area contributed by atoms with Crippen LogP contribution >= 0.6 is 0 Å². The molecule has 1 N–H and O–H groups in total. The predicted molar refractivity (Wildman–Crippen MR) is 50.0 cm³/mol. The molecule has 0 aliphatic carbocycles. The first-order chi connectivity index (χ1) is 5.56. The van der Waals surface area contributed by atoms with Crippen molar-refractivity contribution in [3.8, 4) is 0 Å². The molecule has 0 saturated carbocycles. The van der Waals surface area contributed by atoms with Crippen LogP contribution in [0.5, 0.6) is 0 Å². The summed E-state index contributed by atoms with van der Waals surface area (Å²) in [6, 6.07) is 0. The smallest absolute Gasteiger partial charge is 0.181 e. The third kappa shape index (κ3) is 5.53. The maximum atomic E-state index is 12.1. The van der Waals surface area contributed by atoms with Crippen LogP contribution < -0.4 is 5.32 Å². The van der Waals surface area contributed by atoms with Crippen LogP contribution in [0.15, 0.2) is 37.0 Å². The van der Waals surface area contributed by atoms with Crippen molar-refractivity contribution in [2.24, 2.45) is 0 Å². The summed E-state index contributed by atoms with van der Waals surface area (Å²) in [6.45, 7) is 9.01. The van der Waals surface area contributed by atoms with E-state index in [0.29, 0.717) is 6.67 Å². The standard InChI is InChI=1S/C9H15FN2/c1-5-8(2)6-12(4)7-11-9(3)10/h5-6,11H,1,3,7H2,2,4H3/b8-6-. The predicted octanol–water partition coefficient (Wildman–Crippen LogP) is 2.00. The van der Waals surface area contributed by atoms with Gasteiger partial charge in [-0.1, -0.05) is 12.7 Å². The van der Waals surface area contributed by atoms with E-state index in [9.17, 15) is 4.39 Å². The minimum absolute atomic E-state index is 0.403. The fourth-order valence-corrected chi connectivity index (χ4v) is 0.656. The molecule has 0 atom stereocenters. The Balaban J connectivity index is 3.80. The molecule has 0 bridgehead atoms. The van der Waals surface area contributed by atoms with Crippen LogP contribution in [0, 0.1) is 0 Å². The van der Waals surface area contributed by atoms with Crippen LogP contribution in [0.25, 0.3) is 0 Å². The van der Waals surface area contributed by atoms with Gasteiger partial charge in [0.25, 0.3) is 0 Å². The zero-order chi connectivity index (χ0) is 9.56. The minimum Gasteiger partial charge on any atom is -0.363 e. The van der Waals surface area contributed by atoms with E-state index in [1.165, 1.54) is 0 Å². The van der Waals surface area contributed by atoms with Gasteiger partial charge in [0, 0.05) is 13.2 Å². The highest BCUT2D eigenvalue weighted by atomic mass is 19.1. The van der Waals surface area contributed by atoms with E-state index < -0.39 is 5.95 Å². The Morgan fingerprint density at radius 2 is 2.25 bits per heavy atom. The van der Waals surface area contributed by atoms with Gasteiger partial charge < -0.3 is 10.2 Å². The van der Waals surface area contributed by atoms with Crippen molar-refractivity contribution in [1.82, 2.24) is 10.2 Å². The lowest BCUT2D eigenvalue weighted by Crippen LogP contribution is -2.25. The van der Waals surface area contributed by atoms with Crippen molar-refractivity contribution in [2.45, 2.75) is 6.92 Å². The third-order valence-electron chi connectivity index (χ3n) is 1.27. The first-order valence-corrected chi connectivity index (χ1v) is 3.65. The summed E-state index contributed by atoms with van der Waals surface area (Å²) < 4.78 is 12.1. The Morgan fingerprint density at radius 3 is 2.67 bits per heavy atom. The van der Waals surface area contributed by atoms with Crippen molar-refractivity contribution in [3.63, 3.8) is 0 Å². The molecule has 0 spiro atoms. The van der Waals surface area contributed by atoms with Crippen molar-refractivity contribution in [1.29, 1.82) is 0 Å². The molecule has 0 aromatic heterocycles. The van der Waals surface area contributed by atoms with E-state index in [1.54, 1.807) is 6.08 Å². The Labute approximate surface area is 73.1 Å². The zero-order valence-corrected chi connectivity index (χ0v) is 7.60. The van der Waals surface area contributed by atoms with Crippen LogP contribution in [0.4, 0.5) is 4.39 Å². The molecule has 0 aliphatic heterocycles. The lowest BCUT2D eigenvalue weighted by molar-refractivity contribution is 0.395. The minimum atomic E-state index is -0.522. The second kappa shape index (κ2) is 5.41. The van der Waals surface area contributed by atoms with Crippen molar-refractivity contribution >= 4 is 0 Å². The molecule has 0 saturated heterocycles. The highest BCUT2D eigenvalue weighted by Crippen LogP contribution is 1.95. The van der Waals surface area contributed by atoms with Crippen molar-refractivity contribution in [3.05, 3.63) is 37.0 Å². The van der Waals surface area contributed by atoms with Crippen molar-refractivity contribution < 1.29 is 4.39 Å². The number of halogens is 1. The molecule has 0 fully saturated rings. The Hall–Kier alpha value is -1.25. The molecule has 0 rings (SSSR count). The summed E-state index contributed by atoms with van der Waals surface area (Å²) in [6.07, 6.45) is 3.60. The highest BCUT2D eigenvalue weighted by Gasteiger charge is 1.91. The van der Waals surface area contributed by atoms with Gasteiger partial charge in [-0.05, 0) is 19.1 Å². The topological polar surface area (TPSA) is 15.3 Å². The number of hydrogen-bond acceptors (Lipinski definition) is 2. The van der Waals surface area contributed by atoms with E-state index >= 15 is 0 Å². The van der Waals surface area contributed by atoms with E-state index in [1.807, 2.05) is 25.1 Å². The van der Waals surface area contributed by atoms with Crippen LogP contribution in [0.2, 0.25) is 0 Å². The van der Waals surface area contributed by atoms with Gasteiger partial charge >= 0.3 is 0 Å². The Bertz CT molecular complexity index is 197. The van der Waals surface area contributed by atoms with Gasteiger partial charge in [-0.2, -0.15) is 4.39 Å². The molecule has 12 heavy (non-hydrogen) atoms. The normalized spacial score (nSPS) is 10.8. The average Bonchev–Trinajstić information content (AvgIpc) is 2.00. The third-order valence-corrected chi connectivity index (χ3v) is 1.27. The van der Waals surface area contributed by atoms with Crippen LogP contribution in [0.1, 0.15) is 6.92 Å². The maximum Gasteiger partial charge on any atom is 0.181 e. The lowest BCUT2D eigenvalue weighted by Gasteiger charge is -2.14. The molecule has 0 amide bonds. The molecule has 3 heteroatoms. The summed E-state index contributed by atoms with van der Waals surface area (Å²) in [7, 11) is 1.84. The SMILES string of the molecule is C=C/C(C)=C\N(C)CNC(=C)F. The molecular weight excluding hydrogens is 155 g/mol. The first kappa shape index (κ1) is 10.8. The largest absolute Gasteiger partial charge is 0.363 e. The van der Waals surface area contributed by atoms with Gasteiger partial charge in [-0.15, -0.1) is 0 Å². The van der Waals surface area contributed by atoms with E-state index in [0.717, 1.165) is 5.57 Å². The van der Waals surface area contributed by atoms with Gasteiger partial charge in [0.15, 0.2) is 5.95 Å². The van der Waals surface area contributed by atoms with Crippen LogP contribution in [-0.4, -0.2) is 18.6 Å². The molecule has 68 valence electrons. The number of nitrogens with one attached hydrogen (secondary N) is 1. The fraction of sp³-hybridized carbons (Fsp3) is 0.333. The molecule has 0 aromatic carbocycles. The van der Waals surface area contributed by atoms with Crippen LogP contribution in [0.3, 0.4) is 0 Å². The second-order valence-corrected chi connectivity index (χ2v) is 2.57. The lowest BCUT2D eigenvalue weighted by atomic mass is 10.3. The quantitative estimate of drug-likeness (QED) is 0.385. The molecule has 0 radical (unpaired) electrons. The van der Waals surface area contributed by atoms with E-state index in [-0.39, 0.29) is 0 Å². The maximum absolute atomic E-state index is 12.1. The summed E-state index contributed by atoms with van der Waals surface area (Å²) in [5.41, 5.74) is 1.03. The van der Waals surface area contributed by atoms with E-state index in [2.05, 4.69) is 18.5 Å². The average molecular weight is 170 g/mol. The number of hydrogen-bond donors (Lipinski definition) is 1. The summed E-state index contributed by atoms with van der Waals surface area (Å²) in [5.74, 6) is -0.522. The molecule has 0 unspecified atom stereocenters. The first-order valence-electron chi connectivity index (χ1n) is 3.65. The Kier molecular flexibility index (Phi) is 4.84. The second-order valence-electron chi connectivity index (χ2n) is 2.57.